The Bertz CT molecular complexity index is 335. The van der Waals surface area contributed by atoms with Crippen molar-refractivity contribution >= 4 is 29.6 Å². The van der Waals surface area contributed by atoms with Gasteiger partial charge in [0, 0.05) is 0 Å². The number of phenolic OH excluding ortho intramolecular Hbond substituents is 2. The van der Waals surface area contributed by atoms with E-state index in [4.69, 9.17) is 10.2 Å². The van der Waals surface area contributed by atoms with Gasteiger partial charge in [-0.1, -0.05) is 35.4 Å². The number of benzene rings is 2. The minimum absolute atomic E-state index is 0. The maximum atomic E-state index is 8.76. The van der Waals surface area contributed by atoms with Crippen LogP contribution >= 0.6 is 0 Å². The second-order valence-corrected chi connectivity index (χ2v) is 3.67. The van der Waals surface area contributed by atoms with Gasteiger partial charge in [0.15, 0.2) is 0 Å². The third-order valence-electron chi connectivity index (χ3n) is 2.07. The standard InChI is InChI=1S/2C7H8O.Na.H/c2*1-6-2-4-7(8)5-3-6;;/h2*2-5,8H,1H3;;. The average molecular weight is 240 g/mol. The summed E-state index contributed by atoms with van der Waals surface area (Å²) < 4.78 is 0. The van der Waals surface area contributed by atoms with E-state index in [-0.39, 0.29) is 29.6 Å². The summed E-state index contributed by atoms with van der Waals surface area (Å²) in [5, 5.41) is 17.5. The quantitative estimate of drug-likeness (QED) is 0.695. The molecule has 0 saturated heterocycles. The van der Waals surface area contributed by atoms with Crippen LogP contribution in [0.4, 0.5) is 0 Å². The second kappa shape index (κ2) is 8.18. The molecule has 17 heavy (non-hydrogen) atoms. The van der Waals surface area contributed by atoms with Crippen molar-refractivity contribution in [1.82, 2.24) is 0 Å². The molecule has 2 aromatic rings. The normalized spacial score (nSPS) is 8.59. The van der Waals surface area contributed by atoms with Crippen molar-refractivity contribution in [2.75, 3.05) is 0 Å². The maximum absolute atomic E-state index is 8.76. The second-order valence-electron chi connectivity index (χ2n) is 3.67. The Labute approximate surface area is 124 Å². The number of hydrogen-bond donors (Lipinski definition) is 2. The van der Waals surface area contributed by atoms with Gasteiger partial charge in [-0.2, -0.15) is 0 Å². The van der Waals surface area contributed by atoms with Gasteiger partial charge in [-0.25, -0.2) is 0 Å². The molecule has 0 atom stereocenters. The number of aryl methyl sites for hydroxylation is 2. The molecular formula is C14H17NaO2. The van der Waals surface area contributed by atoms with Gasteiger partial charge in [-0.05, 0) is 38.1 Å². The summed E-state index contributed by atoms with van der Waals surface area (Å²) in [6.07, 6.45) is 0. The summed E-state index contributed by atoms with van der Waals surface area (Å²) in [6, 6.07) is 14.2. The molecule has 0 fully saturated rings. The van der Waals surface area contributed by atoms with Gasteiger partial charge in [0.25, 0.3) is 0 Å². The van der Waals surface area contributed by atoms with E-state index in [9.17, 15) is 0 Å². The molecule has 2 aromatic carbocycles. The minimum atomic E-state index is 0. The van der Waals surface area contributed by atoms with Crippen molar-refractivity contribution in [1.29, 1.82) is 0 Å². The zero-order chi connectivity index (χ0) is 12.0. The number of hydrogen-bond acceptors (Lipinski definition) is 2. The van der Waals surface area contributed by atoms with Crippen molar-refractivity contribution in [3.8, 4) is 11.5 Å². The average Bonchev–Trinajstić information content (AvgIpc) is 2.28. The first-order valence-corrected chi connectivity index (χ1v) is 5.09. The molecule has 2 nitrogen and oxygen atoms in total. The van der Waals surface area contributed by atoms with Crippen molar-refractivity contribution in [2.24, 2.45) is 0 Å². The molecular weight excluding hydrogens is 223 g/mol. The topological polar surface area (TPSA) is 40.5 Å². The van der Waals surface area contributed by atoms with Gasteiger partial charge in [0.1, 0.15) is 11.5 Å². The SMILES string of the molecule is Cc1ccc(O)cc1.Cc1ccc(O)cc1.[NaH]. The monoisotopic (exact) mass is 240 g/mol. The molecule has 2 N–H and O–H groups in total. The zero-order valence-corrected chi connectivity index (χ0v) is 9.51. The molecule has 0 aromatic heterocycles. The van der Waals surface area contributed by atoms with E-state index >= 15 is 0 Å². The van der Waals surface area contributed by atoms with Crippen LogP contribution in [-0.2, 0) is 0 Å². The Morgan fingerprint density at radius 1 is 0.588 bits per heavy atom. The van der Waals surface area contributed by atoms with Gasteiger partial charge < -0.3 is 10.2 Å². The van der Waals surface area contributed by atoms with Gasteiger partial charge in [0.05, 0.1) is 0 Å². The first-order chi connectivity index (χ1) is 7.58. The van der Waals surface area contributed by atoms with Crippen LogP contribution in [0, 0.1) is 13.8 Å². The predicted molar refractivity (Wildman–Crippen MR) is 72.8 cm³/mol. The van der Waals surface area contributed by atoms with E-state index in [0.717, 1.165) is 0 Å². The molecule has 0 amide bonds. The van der Waals surface area contributed by atoms with Crippen LogP contribution in [0.15, 0.2) is 48.5 Å². The Kier molecular flexibility index (Phi) is 7.72. The molecule has 86 valence electrons. The Morgan fingerprint density at radius 2 is 0.824 bits per heavy atom. The Morgan fingerprint density at radius 3 is 1.00 bits per heavy atom. The third kappa shape index (κ3) is 7.05. The van der Waals surface area contributed by atoms with Gasteiger partial charge in [0.2, 0.25) is 0 Å². The molecule has 0 saturated carbocycles. The van der Waals surface area contributed by atoms with Crippen LogP contribution in [0.2, 0.25) is 0 Å². The molecule has 0 heterocycles. The van der Waals surface area contributed by atoms with Gasteiger partial charge >= 0.3 is 29.6 Å². The fourth-order valence-corrected chi connectivity index (χ4v) is 1.09. The van der Waals surface area contributed by atoms with Gasteiger partial charge in [-0.15, -0.1) is 0 Å². The predicted octanol–water partition coefficient (Wildman–Crippen LogP) is 2.75. The molecule has 0 aliphatic carbocycles. The van der Waals surface area contributed by atoms with Crippen LogP contribution in [0.25, 0.3) is 0 Å². The first kappa shape index (κ1) is 16.0. The molecule has 0 aliphatic rings. The van der Waals surface area contributed by atoms with E-state index in [1.807, 2.05) is 38.1 Å². The molecule has 0 spiro atoms. The Hall–Kier alpha value is -0.960. The Balaban J connectivity index is 0.000000284. The molecule has 0 aliphatic heterocycles. The molecule has 2 rings (SSSR count). The summed E-state index contributed by atoms with van der Waals surface area (Å²) in [5.74, 6) is 0.659. The zero-order valence-electron chi connectivity index (χ0n) is 9.51. The van der Waals surface area contributed by atoms with Crippen LogP contribution in [0.5, 0.6) is 11.5 Å². The van der Waals surface area contributed by atoms with Crippen LogP contribution in [0.3, 0.4) is 0 Å². The summed E-state index contributed by atoms with van der Waals surface area (Å²) in [6.45, 7) is 3.97. The van der Waals surface area contributed by atoms with E-state index in [2.05, 4.69) is 0 Å². The van der Waals surface area contributed by atoms with Crippen LogP contribution < -0.4 is 0 Å². The fraction of sp³-hybridized carbons (Fsp3) is 0.143. The molecule has 0 unspecified atom stereocenters. The number of rotatable bonds is 0. The third-order valence-corrected chi connectivity index (χ3v) is 2.07. The van der Waals surface area contributed by atoms with Crippen molar-refractivity contribution in [3.05, 3.63) is 59.7 Å². The molecule has 0 radical (unpaired) electrons. The first-order valence-electron chi connectivity index (χ1n) is 5.09. The molecule has 3 heteroatoms. The van der Waals surface area contributed by atoms with E-state index in [1.54, 1.807) is 24.3 Å². The summed E-state index contributed by atoms with van der Waals surface area (Å²) in [5.41, 5.74) is 2.34. The number of aromatic hydroxyl groups is 2. The summed E-state index contributed by atoms with van der Waals surface area (Å²) in [4.78, 5) is 0. The van der Waals surface area contributed by atoms with Crippen LogP contribution in [-0.4, -0.2) is 39.8 Å². The van der Waals surface area contributed by atoms with Gasteiger partial charge in [-0.3, -0.25) is 0 Å². The van der Waals surface area contributed by atoms with Crippen molar-refractivity contribution < 1.29 is 10.2 Å². The van der Waals surface area contributed by atoms with Crippen molar-refractivity contribution in [3.63, 3.8) is 0 Å². The van der Waals surface area contributed by atoms with Crippen molar-refractivity contribution in [2.45, 2.75) is 13.8 Å². The fourth-order valence-electron chi connectivity index (χ4n) is 1.09. The van der Waals surface area contributed by atoms with E-state index < -0.39 is 0 Å². The number of phenols is 2. The van der Waals surface area contributed by atoms with E-state index in [0.29, 0.717) is 11.5 Å². The summed E-state index contributed by atoms with van der Waals surface area (Å²) >= 11 is 0. The summed E-state index contributed by atoms with van der Waals surface area (Å²) in [7, 11) is 0. The molecule has 0 bridgehead atoms. The van der Waals surface area contributed by atoms with Crippen LogP contribution in [0.1, 0.15) is 11.1 Å². The van der Waals surface area contributed by atoms with E-state index in [1.165, 1.54) is 11.1 Å².